The third-order valence-electron chi connectivity index (χ3n) is 5.82. The van der Waals surface area contributed by atoms with Gasteiger partial charge in [0.05, 0.1) is 16.5 Å². The average molecular weight is 565 g/mol. The maximum atomic E-state index is 13.3. The highest BCUT2D eigenvalue weighted by Gasteiger charge is 2.48. The van der Waals surface area contributed by atoms with Gasteiger partial charge in [-0.2, -0.15) is 0 Å². The van der Waals surface area contributed by atoms with Gasteiger partial charge in [0.25, 0.3) is 11.5 Å². The van der Waals surface area contributed by atoms with Crippen molar-refractivity contribution in [2.75, 3.05) is 4.90 Å². The number of rotatable bonds is 7. The number of carbonyl (C=O) groups is 2. The van der Waals surface area contributed by atoms with Crippen molar-refractivity contribution in [1.82, 2.24) is 10.2 Å². The molecule has 1 aromatic heterocycles. The molecule has 1 atom stereocenters. The molecule has 190 valence electrons. The summed E-state index contributed by atoms with van der Waals surface area (Å²) in [5.41, 5.74) is 1.36. The predicted molar refractivity (Wildman–Crippen MR) is 145 cm³/mol. The van der Waals surface area contributed by atoms with Crippen LogP contribution in [0.3, 0.4) is 0 Å². The molecule has 1 saturated heterocycles. The second-order valence-corrected chi connectivity index (χ2v) is 10.7. The second-order valence-electron chi connectivity index (χ2n) is 8.11. The van der Waals surface area contributed by atoms with Crippen molar-refractivity contribution in [3.63, 3.8) is 0 Å². The van der Waals surface area contributed by atoms with Crippen LogP contribution in [0.4, 0.5) is 10.8 Å². The largest absolute Gasteiger partial charge is 0.507 e. The Balaban J connectivity index is 1.55. The first-order chi connectivity index (χ1) is 18.3. The number of nitro groups is 1. The number of aliphatic hydroxyl groups is 1. The number of halogens is 1. The maximum Gasteiger partial charge on any atom is 0.301 e. The van der Waals surface area contributed by atoms with Gasteiger partial charge in [0, 0.05) is 28.5 Å². The number of Topliss-reactive ketones (excluding diaryl/α,β-unsaturated/α-hetero) is 1. The number of amides is 1. The minimum atomic E-state index is -1.06. The molecule has 3 aromatic carbocycles. The summed E-state index contributed by atoms with van der Waals surface area (Å²) in [5, 5.41) is 31.4. The van der Waals surface area contributed by atoms with Crippen molar-refractivity contribution in [3.8, 4) is 0 Å². The highest BCUT2D eigenvalue weighted by atomic mass is 35.5. The van der Waals surface area contributed by atoms with E-state index in [2.05, 4.69) is 10.2 Å². The first-order valence-electron chi connectivity index (χ1n) is 11.2. The molecule has 0 bridgehead atoms. The molecule has 1 amide bonds. The van der Waals surface area contributed by atoms with Crippen LogP contribution in [0.1, 0.15) is 22.7 Å². The number of benzene rings is 3. The molecule has 1 aliphatic rings. The number of nitrogens with zero attached hydrogens (tertiary/aromatic N) is 4. The lowest BCUT2D eigenvalue weighted by atomic mass is 9.95. The fourth-order valence-electron chi connectivity index (χ4n) is 3.99. The number of aromatic nitrogens is 2. The van der Waals surface area contributed by atoms with Crippen molar-refractivity contribution in [3.05, 3.63) is 116 Å². The first kappa shape index (κ1) is 25.6. The van der Waals surface area contributed by atoms with E-state index in [1.807, 2.05) is 18.2 Å². The average Bonchev–Trinajstić information content (AvgIpc) is 3.50. The first-order valence-corrected chi connectivity index (χ1v) is 13.3. The van der Waals surface area contributed by atoms with Crippen molar-refractivity contribution in [2.24, 2.45) is 0 Å². The highest BCUT2D eigenvalue weighted by molar-refractivity contribution is 8.00. The van der Waals surface area contributed by atoms with Crippen molar-refractivity contribution in [1.29, 1.82) is 0 Å². The van der Waals surface area contributed by atoms with E-state index in [-0.39, 0.29) is 22.2 Å². The summed E-state index contributed by atoms with van der Waals surface area (Å²) in [6.07, 6.45) is 0. The molecular formula is C26H17ClN4O5S2. The monoisotopic (exact) mass is 564 g/mol. The van der Waals surface area contributed by atoms with E-state index in [0.29, 0.717) is 26.2 Å². The van der Waals surface area contributed by atoms with Crippen LogP contribution in [0.2, 0.25) is 5.02 Å². The zero-order valence-electron chi connectivity index (χ0n) is 19.4. The normalized spacial score (nSPS) is 16.7. The van der Waals surface area contributed by atoms with Gasteiger partial charge in [0.15, 0.2) is 4.34 Å². The topological polar surface area (TPSA) is 127 Å². The summed E-state index contributed by atoms with van der Waals surface area (Å²) in [7, 11) is 0. The van der Waals surface area contributed by atoms with Gasteiger partial charge in [-0.05, 0) is 29.3 Å². The summed E-state index contributed by atoms with van der Waals surface area (Å²) in [6.45, 7) is 0. The molecule has 4 aromatic rings. The quantitative estimate of drug-likeness (QED) is 0.0549. The van der Waals surface area contributed by atoms with Crippen LogP contribution in [0.5, 0.6) is 0 Å². The number of nitro benzene ring substituents is 1. The van der Waals surface area contributed by atoms with Crippen molar-refractivity contribution >= 4 is 63.0 Å². The number of thioether (sulfide) groups is 1. The van der Waals surface area contributed by atoms with Crippen molar-refractivity contribution in [2.45, 2.75) is 16.1 Å². The SMILES string of the molecule is O=C1C(=O)N(c2nnc(SCc3ccccc3Cl)s2)C(c2ccc([N+](=O)[O-])cc2)/C1=C(/O)c1ccccc1. The number of ketones is 1. The Morgan fingerprint density at radius 1 is 1.03 bits per heavy atom. The van der Waals surface area contributed by atoms with Crippen LogP contribution in [-0.2, 0) is 15.3 Å². The van der Waals surface area contributed by atoms with E-state index in [4.69, 9.17) is 11.6 Å². The molecule has 0 aliphatic carbocycles. The van der Waals surface area contributed by atoms with E-state index >= 15 is 0 Å². The van der Waals surface area contributed by atoms with Gasteiger partial charge in [-0.1, -0.05) is 83.2 Å². The molecule has 1 fully saturated rings. The van der Waals surface area contributed by atoms with Crippen LogP contribution in [0.25, 0.3) is 5.76 Å². The molecule has 0 saturated carbocycles. The fourth-order valence-corrected chi connectivity index (χ4v) is 6.14. The lowest BCUT2D eigenvalue weighted by Crippen LogP contribution is -2.29. The summed E-state index contributed by atoms with van der Waals surface area (Å²) in [5.74, 6) is -1.61. The lowest BCUT2D eigenvalue weighted by Gasteiger charge is -2.22. The van der Waals surface area contributed by atoms with Gasteiger partial charge in [-0.15, -0.1) is 10.2 Å². The number of anilines is 1. The van der Waals surface area contributed by atoms with E-state index in [1.165, 1.54) is 40.9 Å². The fraction of sp³-hybridized carbons (Fsp3) is 0.0769. The van der Waals surface area contributed by atoms with Crippen molar-refractivity contribution < 1.29 is 19.6 Å². The molecular weight excluding hydrogens is 548 g/mol. The smallest absolute Gasteiger partial charge is 0.301 e. The van der Waals surface area contributed by atoms with Crippen LogP contribution in [0.15, 0.2) is 88.8 Å². The van der Waals surface area contributed by atoms with Crippen LogP contribution in [-0.4, -0.2) is 31.9 Å². The molecule has 1 N–H and O–H groups in total. The Morgan fingerprint density at radius 2 is 1.71 bits per heavy atom. The van der Waals surface area contributed by atoms with Gasteiger partial charge < -0.3 is 5.11 Å². The number of non-ortho nitro benzene ring substituents is 1. The summed E-state index contributed by atoms with van der Waals surface area (Å²) >= 11 is 8.73. The van der Waals surface area contributed by atoms with Crippen LogP contribution >= 0.6 is 34.7 Å². The lowest BCUT2D eigenvalue weighted by molar-refractivity contribution is -0.384. The Morgan fingerprint density at radius 3 is 2.39 bits per heavy atom. The molecule has 1 unspecified atom stereocenters. The predicted octanol–water partition coefficient (Wildman–Crippen LogP) is 6.02. The van der Waals surface area contributed by atoms with E-state index < -0.39 is 22.7 Å². The molecule has 0 radical (unpaired) electrons. The minimum Gasteiger partial charge on any atom is -0.507 e. The molecule has 5 rings (SSSR count). The summed E-state index contributed by atoms with van der Waals surface area (Å²) in [4.78, 5) is 38.3. The third-order valence-corrected chi connectivity index (χ3v) is 8.30. The van der Waals surface area contributed by atoms with E-state index in [0.717, 1.165) is 16.9 Å². The summed E-state index contributed by atoms with van der Waals surface area (Å²) in [6, 6.07) is 20.2. The van der Waals surface area contributed by atoms with Gasteiger partial charge in [0.2, 0.25) is 5.13 Å². The Bertz CT molecular complexity index is 1570. The molecule has 12 heteroatoms. The Hall–Kier alpha value is -4.06. The van der Waals surface area contributed by atoms with E-state index in [1.54, 1.807) is 36.4 Å². The molecule has 1 aliphatic heterocycles. The molecule has 2 heterocycles. The summed E-state index contributed by atoms with van der Waals surface area (Å²) < 4.78 is 0.548. The second kappa shape index (κ2) is 10.7. The van der Waals surface area contributed by atoms with Gasteiger partial charge in [-0.25, -0.2) is 0 Å². The molecule has 9 nitrogen and oxygen atoms in total. The Labute approximate surface area is 229 Å². The zero-order chi connectivity index (χ0) is 26.8. The molecule has 0 spiro atoms. The highest BCUT2D eigenvalue weighted by Crippen LogP contribution is 2.44. The Kier molecular flexibility index (Phi) is 7.23. The maximum absolute atomic E-state index is 13.3. The minimum absolute atomic E-state index is 0.143. The molecule has 38 heavy (non-hydrogen) atoms. The van der Waals surface area contributed by atoms with Gasteiger partial charge in [0.1, 0.15) is 5.76 Å². The van der Waals surface area contributed by atoms with Crippen LogP contribution < -0.4 is 4.90 Å². The number of aliphatic hydroxyl groups excluding tert-OH is 1. The standard InChI is InChI=1S/C26H17ClN4O5S2/c27-19-9-5-4-8-17(19)14-37-26-29-28-25(38-26)30-21(15-10-12-18(13-11-15)31(35)36)20(23(33)24(30)34)22(32)16-6-2-1-3-7-16/h1-13,21,32H,14H2/b22-20-. The number of carbonyl (C=O) groups excluding carboxylic acids is 2. The van der Waals surface area contributed by atoms with E-state index in [9.17, 15) is 24.8 Å². The van der Waals surface area contributed by atoms with Gasteiger partial charge in [-0.3, -0.25) is 24.6 Å². The third kappa shape index (κ3) is 4.91. The number of hydrogen-bond donors (Lipinski definition) is 1. The zero-order valence-corrected chi connectivity index (χ0v) is 21.7. The van der Waals surface area contributed by atoms with Gasteiger partial charge >= 0.3 is 5.91 Å². The number of hydrogen-bond acceptors (Lipinski definition) is 9. The van der Waals surface area contributed by atoms with Crippen LogP contribution in [0, 0.1) is 10.1 Å².